The van der Waals surface area contributed by atoms with Crippen LogP contribution in [0.4, 0.5) is 0 Å². The third-order valence-electron chi connectivity index (χ3n) is 3.52. The molecule has 132 valence electrons. The molecule has 0 heterocycles. The Bertz CT molecular complexity index is 424. The number of carbonyl (C=O) groups is 1. The molecular weight excluding hydrogens is 314 g/mol. The number of halogens is 1. The molecule has 0 unspecified atom stereocenters. The highest BCUT2D eigenvalue weighted by atomic mass is 35.5. The summed E-state index contributed by atoms with van der Waals surface area (Å²) in [5.74, 6) is -0.263. The second-order valence-electron chi connectivity index (χ2n) is 6.26. The zero-order chi connectivity index (χ0) is 16.3. The number of unbranched alkanes of at least 4 members (excludes halogenated alkanes) is 3. The van der Waals surface area contributed by atoms with Crippen molar-refractivity contribution in [1.29, 1.82) is 0 Å². The second-order valence-corrected chi connectivity index (χ2v) is 6.26. The average molecular weight is 344 g/mol. The molecule has 0 aliphatic carbocycles. The molecule has 1 aromatic carbocycles. The van der Waals surface area contributed by atoms with Crippen molar-refractivity contribution >= 4 is 5.97 Å². The molecule has 0 aromatic heterocycles. The Hall–Kier alpha value is -1.10. The first-order valence-electron chi connectivity index (χ1n) is 8.17. The van der Waals surface area contributed by atoms with E-state index < -0.39 is 0 Å². The molecule has 0 radical (unpaired) electrons. The Morgan fingerprint density at radius 1 is 1.04 bits per heavy atom. The maximum Gasteiger partial charge on any atom is 0.338 e. The lowest BCUT2D eigenvalue weighted by atomic mass is 10.2. The van der Waals surface area contributed by atoms with Gasteiger partial charge in [0, 0.05) is 0 Å². The van der Waals surface area contributed by atoms with E-state index in [0.29, 0.717) is 23.4 Å². The third kappa shape index (κ3) is 10.3. The number of hydrogen-bond acceptors (Lipinski definition) is 3. The van der Waals surface area contributed by atoms with Crippen LogP contribution in [0.5, 0.6) is 0 Å². The fraction of sp³-hybridized carbons (Fsp3) is 0.611. The molecule has 0 bridgehead atoms. The number of quaternary nitrogens is 1. The van der Waals surface area contributed by atoms with Crippen molar-refractivity contribution in [3.05, 3.63) is 35.9 Å². The SMILES string of the molecule is CCCCCCOC[N+](C)(C)CCOC(=O)c1ccccc1.[Cl-]. The van der Waals surface area contributed by atoms with Crippen LogP contribution in [0.2, 0.25) is 0 Å². The van der Waals surface area contributed by atoms with Crippen LogP contribution >= 0.6 is 0 Å². The van der Waals surface area contributed by atoms with Crippen LogP contribution in [0.1, 0.15) is 43.0 Å². The normalized spacial score (nSPS) is 10.9. The predicted octanol–water partition coefficient (Wildman–Crippen LogP) is 0.478. The number of carbonyl (C=O) groups excluding carboxylic acids is 1. The quantitative estimate of drug-likeness (QED) is 0.254. The van der Waals surface area contributed by atoms with Crippen molar-refractivity contribution in [2.45, 2.75) is 32.6 Å². The van der Waals surface area contributed by atoms with Gasteiger partial charge >= 0.3 is 5.97 Å². The Labute approximate surface area is 146 Å². The Balaban J connectivity index is 0.00000484. The van der Waals surface area contributed by atoms with Gasteiger partial charge in [-0.2, -0.15) is 0 Å². The van der Waals surface area contributed by atoms with Crippen LogP contribution in [0.3, 0.4) is 0 Å². The summed E-state index contributed by atoms with van der Waals surface area (Å²) in [6.07, 6.45) is 4.88. The van der Waals surface area contributed by atoms with Gasteiger partial charge in [0.1, 0.15) is 13.2 Å². The summed E-state index contributed by atoms with van der Waals surface area (Å²) < 4.78 is 11.7. The number of rotatable bonds is 11. The molecule has 0 aliphatic heterocycles. The molecule has 1 rings (SSSR count). The van der Waals surface area contributed by atoms with Crippen LogP contribution in [-0.2, 0) is 9.47 Å². The number of likely N-dealkylation sites (N-methyl/N-ethyl adjacent to an activating group) is 1. The monoisotopic (exact) mass is 343 g/mol. The smallest absolute Gasteiger partial charge is 0.338 e. The largest absolute Gasteiger partial charge is 1.00 e. The fourth-order valence-corrected chi connectivity index (χ4v) is 2.05. The minimum atomic E-state index is -0.263. The highest BCUT2D eigenvalue weighted by molar-refractivity contribution is 5.89. The Morgan fingerprint density at radius 3 is 2.39 bits per heavy atom. The van der Waals surface area contributed by atoms with Crippen molar-refractivity contribution in [2.24, 2.45) is 0 Å². The molecule has 0 saturated carbocycles. The number of nitrogens with zero attached hydrogens (tertiary/aromatic N) is 1. The lowest BCUT2D eigenvalue weighted by molar-refractivity contribution is -0.909. The maximum atomic E-state index is 11.8. The molecule has 0 amide bonds. The molecule has 0 saturated heterocycles. The van der Waals surface area contributed by atoms with E-state index >= 15 is 0 Å². The van der Waals surface area contributed by atoms with E-state index in [9.17, 15) is 4.79 Å². The lowest BCUT2D eigenvalue weighted by Gasteiger charge is -2.28. The number of benzene rings is 1. The van der Waals surface area contributed by atoms with Crippen molar-refractivity contribution < 1.29 is 31.2 Å². The summed E-state index contributed by atoms with van der Waals surface area (Å²) in [4.78, 5) is 11.8. The van der Waals surface area contributed by atoms with Gasteiger partial charge in [0.05, 0.1) is 26.3 Å². The van der Waals surface area contributed by atoms with Gasteiger partial charge < -0.3 is 26.4 Å². The topological polar surface area (TPSA) is 35.5 Å². The van der Waals surface area contributed by atoms with Crippen LogP contribution in [0.15, 0.2) is 30.3 Å². The van der Waals surface area contributed by atoms with Gasteiger partial charge in [-0.25, -0.2) is 4.79 Å². The maximum absolute atomic E-state index is 11.8. The Kier molecular flexibility index (Phi) is 11.7. The molecule has 4 nitrogen and oxygen atoms in total. The molecule has 0 N–H and O–H groups in total. The molecule has 5 heteroatoms. The Morgan fingerprint density at radius 2 is 1.74 bits per heavy atom. The average Bonchev–Trinajstić information content (AvgIpc) is 2.51. The van der Waals surface area contributed by atoms with Crippen molar-refractivity contribution in [3.63, 3.8) is 0 Å². The number of ether oxygens (including phenoxy) is 2. The summed E-state index contributed by atoms with van der Waals surface area (Å²) in [5.41, 5.74) is 0.597. The van der Waals surface area contributed by atoms with Crippen LogP contribution in [0.25, 0.3) is 0 Å². The number of hydrogen-bond donors (Lipinski definition) is 0. The molecule has 0 spiro atoms. The summed E-state index contributed by atoms with van der Waals surface area (Å²) in [6.45, 7) is 4.81. The minimum absolute atomic E-state index is 0. The zero-order valence-corrected chi connectivity index (χ0v) is 15.3. The van der Waals surface area contributed by atoms with E-state index in [1.54, 1.807) is 12.1 Å². The summed E-state index contributed by atoms with van der Waals surface area (Å²) >= 11 is 0. The summed E-state index contributed by atoms with van der Waals surface area (Å²) in [7, 11) is 4.17. The van der Waals surface area contributed by atoms with Gasteiger partial charge in [-0.1, -0.05) is 44.4 Å². The molecule has 23 heavy (non-hydrogen) atoms. The second kappa shape index (κ2) is 12.3. The fourth-order valence-electron chi connectivity index (χ4n) is 2.05. The van der Waals surface area contributed by atoms with Crippen LogP contribution in [0, 0.1) is 0 Å². The van der Waals surface area contributed by atoms with E-state index in [2.05, 4.69) is 21.0 Å². The predicted molar refractivity (Wildman–Crippen MR) is 88.7 cm³/mol. The summed E-state index contributed by atoms with van der Waals surface area (Å²) in [5, 5.41) is 0. The lowest BCUT2D eigenvalue weighted by Crippen LogP contribution is -3.00. The first-order chi connectivity index (χ1) is 10.5. The standard InChI is InChI=1S/C18H30NO3.ClH/c1-4-5-6-10-14-21-16-19(2,3)13-15-22-18(20)17-11-8-7-9-12-17;/h7-9,11-12H,4-6,10,13-16H2,1-3H3;1H/q+1;/p-1. The highest BCUT2D eigenvalue weighted by Gasteiger charge is 2.16. The van der Waals surface area contributed by atoms with Crippen molar-refractivity contribution in [3.8, 4) is 0 Å². The van der Waals surface area contributed by atoms with Gasteiger partial charge in [0.25, 0.3) is 0 Å². The van der Waals surface area contributed by atoms with Gasteiger partial charge in [-0.3, -0.25) is 0 Å². The van der Waals surface area contributed by atoms with E-state index in [1.165, 1.54) is 19.3 Å². The van der Waals surface area contributed by atoms with Crippen LogP contribution < -0.4 is 12.4 Å². The number of esters is 1. The zero-order valence-electron chi connectivity index (χ0n) is 14.6. The van der Waals surface area contributed by atoms with Gasteiger partial charge in [-0.05, 0) is 18.6 Å². The van der Waals surface area contributed by atoms with E-state index in [4.69, 9.17) is 9.47 Å². The molecule has 0 aliphatic rings. The molecular formula is C18H30ClNO3. The van der Waals surface area contributed by atoms with Gasteiger partial charge in [-0.15, -0.1) is 0 Å². The van der Waals surface area contributed by atoms with E-state index in [-0.39, 0.29) is 18.4 Å². The third-order valence-corrected chi connectivity index (χ3v) is 3.52. The minimum Gasteiger partial charge on any atom is -1.00 e. The molecule has 0 fully saturated rings. The van der Waals surface area contributed by atoms with Gasteiger partial charge in [0.2, 0.25) is 0 Å². The van der Waals surface area contributed by atoms with Crippen LogP contribution in [-0.4, -0.2) is 51.0 Å². The van der Waals surface area contributed by atoms with Gasteiger partial charge in [0.15, 0.2) is 6.73 Å². The van der Waals surface area contributed by atoms with E-state index in [1.807, 2.05) is 18.2 Å². The molecule has 0 atom stereocenters. The summed E-state index contributed by atoms with van der Waals surface area (Å²) in [6, 6.07) is 9.09. The highest BCUT2D eigenvalue weighted by Crippen LogP contribution is 2.04. The van der Waals surface area contributed by atoms with E-state index in [0.717, 1.165) is 19.6 Å². The first kappa shape index (κ1) is 21.9. The van der Waals surface area contributed by atoms with Crippen molar-refractivity contribution in [1.82, 2.24) is 0 Å². The first-order valence-corrected chi connectivity index (χ1v) is 8.17. The van der Waals surface area contributed by atoms with Crippen molar-refractivity contribution in [2.75, 3.05) is 40.6 Å². The molecule has 1 aromatic rings.